The molecule has 2 aliphatic rings. The molecule has 0 aromatic heterocycles. The second-order valence-corrected chi connectivity index (χ2v) is 10.1. The summed E-state index contributed by atoms with van der Waals surface area (Å²) < 4.78 is 6.33. The number of carbonyl (C=O) groups is 1. The zero-order valence-corrected chi connectivity index (χ0v) is 19.9. The van der Waals surface area contributed by atoms with Crippen LogP contribution in [0.3, 0.4) is 0 Å². The van der Waals surface area contributed by atoms with E-state index in [0.717, 1.165) is 55.2 Å². The average Bonchev–Trinajstić information content (AvgIpc) is 2.74. The molecule has 1 atom stereocenters. The van der Waals surface area contributed by atoms with E-state index in [0.29, 0.717) is 6.42 Å². The molecule has 5 heteroatoms. The molecule has 4 rings (SSSR count). The highest BCUT2D eigenvalue weighted by Crippen LogP contribution is 2.41. The van der Waals surface area contributed by atoms with E-state index in [1.54, 1.807) is 13.8 Å². The maximum absolute atomic E-state index is 11.4. The van der Waals surface area contributed by atoms with Gasteiger partial charge >= 0.3 is 5.97 Å². The number of fused-ring (bicyclic) bond motifs is 2. The number of nitrogens with zero attached hydrogens (tertiary/aromatic N) is 1. The normalized spacial score (nSPS) is 19.4. The molecule has 2 aromatic rings. The SMILES string of the molecule is C[C@H]1Cc2cc(Cl)ccc2C(=C2CCN(CCC(C)(C)C(=O)O)CC2)c2ccccc2O1. The molecule has 0 spiro atoms. The van der Waals surface area contributed by atoms with Gasteiger partial charge in [-0.3, -0.25) is 4.79 Å². The van der Waals surface area contributed by atoms with Gasteiger partial charge in [0.1, 0.15) is 5.75 Å². The van der Waals surface area contributed by atoms with Gasteiger partial charge in [-0.2, -0.15) is 0 Å². The topological polar surface area (TPSA) is 49.8 Å². The third-order valence-corrected chi connectivity index (χ3v) is 7.01. The van der Waals surface area contributed by atoms with E-state index >= 15 is 0 Å². The Morgan fingerprint density at radius 1 is 1.16 bits per heavy atom. The number of aliphatic carboxylic acids is 1. The molecule has 0 unspecified atom stereocenters. The molecule has 1 fully saturated rings. The van der Waals surface area contributed by atoms with Crippen molar-refractivity contribution in [2.75, 3.05) is 19.6 Å². The van der Waals surface area contributed by atoms with Crippen LogP contribution in [0.1, 0.15) is 56.7 Å². The first-order valence-corrected chi connectivity index (χ1v) is 11.8. The largest absolute Gasteiger partial charge is 0.490 e. The molecule has 170 valence electrons. The molecule has 2 heterocycles. The van der Waals surface area contributed by atoms with E-state index in [1.807, 2.05) is 12.1 Å². The van der Waals surface area contributed by atoms with E-state index in [-0.39, 0.29) is 6.10 Å². The minimum absolute atomic E-state index is 0.0688. The van der Waals surface area contributed by atoms with Gasteiger partial charge in [0.15, 0.2) is 0 Å². The monoisotopic (exact) mass is 453 g/mol. The fourth-order valence-corrected chi connectivity index (χ4v) is 4.88. The predicted molar refractivity (Wildman–Crippen MR) is 129 cm³/mol. The quantitative estimate of drug-likeness (QED) is 0.611. The molecule has 1 N–H and O–H groups in total. The fraction of sp³-hybridized carbons (Fsp3) is 0.444. The Hall–Kier alpha value is -2.30. The second-order valence-electron chi connectivity index (χ2n) is 9.69. The van der Waals surface area contributed by atoms with Crippen LogP contribution in [0, 0.1) is 5.41 Å². The van der Waals surface area contributed by atoms with Gasteiger partial charge in [0.05, 0.1) is 11.5 Å². The Morgan fingerprint density at radius 2 is 1.88 bits per heavy atom. The van der Waals surface area contributed by atoms with Crippen molar-refractivity contribution >= 4 is 23.1 Å². The maximum Gasteiger partial charge on any atom is 0.309 e. The van der Waals surface area contributed by atoms with Crippen LogP contribution in [0.5, 0.6) is 5.75 Å². The molecular formula is C27H32ClNO3. The molecule has 0 saturated carbocycles. The van der Waals surface area contributed by atoms with Gasteiger partial charge in [0, 0.05) is 30.1 Å². The lowest BCUT2D eigenvalue weighted by Gasteiger charge is -2.33. The lowest BCUT2D eigenvalue weighted by atomic mass is 9.84. The van der Waals surface area contributed by atoms with Gasteiger partial charge in [-0.25, -0.2) is 0 Å². The summed E-state index contributed by atoms with van der Waals surface area (Å²) in [6, 6.07) is 14.6. The Kier molecular flexibility index (Phi) is 6.64. The Bertz CT molecular complexity index is 1030. The highest BCUT2D eigenvalue weighted by atomic mass is 35.5. The van der Waals surface area contributed by atoms with Gasteiger partial charge in [0.2, 0.25) is 0 Å². The smallest absolute Gasteiger partial charge is 0.309 e. The molecule has 0 radical (unpaired) electrons. The Morgan fingerprint density at radius 3 is 2.59 bits per heavy atom. The van der Waals surface area contributed by atoms with Crippen LogP contribution in [0.2, 0.25) is 5.02 Å². The van der Waals surface area contributed by atoms with E-state index < -0.39 is 11.4 Å². The van der Waals surface area contributed by atoms with Gasteiger partial charge in [-0.15, -0.1) is 0 Å². The standard InChI is InChI=1S/C27H32ClNO3/c1-18-16-20-17-21(28)8-9-22(20)25(23-6-4-5-7-24(23)32-18)19-10-13-29(14-11-19)15-12-27(2,3)26(30)31/h4-9,17-18H,10-16H2,1-3H3,(H,30,31)/t18-/m0/s1. The number of para-hydroxylation sites is 1. The summed E-state index contributed by atoms with van der Waals surface area (Å²) in [7, 11) is 0. The number of rotatable bonds is 4. The van der Waals surface area contributed by atoms with Crippen molar-refractivity contribution in [3.63, 3.8) is 0 Å². The second kappa shape index (κ2) is 9.29. The molecular weight excluding hydrogens is 422 g/mol. The molecule has 4 nitrogen and oxygen atoms in total. The summed E-state index contributed by atoms with van der Waals surface area (Å²) in [4.78, 5) is 13.8. The Balaban J connectivity index is 1.66. The number of halogens is 1. The number of hydrogen-bond donors (Lipinski definition) is 1. The maximum atomic E-state index is 11.4. The van der Waals surface area contributed by atoms with Crippen LogP contribution >= 0.6 is 11.6 Å². The van der Waals surface area contributed by atoms with E-state index in [9.17, 15) is 9.90 Å². The van der Waals surface area contributed by atoms with Gasteiger partial charge in [-0.1, -0.05) is 41.4 Å². The zero-order valence-electron chi connectivity index (χ0n) is 19.2. The van der Waals surface area contributed by atoms with Gasteiger partial charge in [0.25, 0.3) is 0 Å². The third-order valence-electron chi connectivity index (χ3n) is 6.77. The minimum Gasteiger partial charge on any atom is -0.490 e. The highest BCUT2D eigenvalue weighted by molar-refractivity contribution is 6.30. The first kappa shape index (κ1) is 22.9. The molecule has 2 aromatic carbocycles. The van der Waals surface area contributed by atoms with Crippen molar-refractivity contribution in [3.05, 3.63) is 69.8 Å². The van der Waals surface area contributed by atoms with Gasteiger partial charge in [-0.05, 0) is 81.5 Å². The van der Waals surface area contributed by atoms with Crippen molar-refractivity contribution in [2.24, 2.45) is 5.41 Å². The van der Waals surface area contributed by atoms with Crippen LogP contribution in [0.4, 0.5) is 0 Å². The van der Waals surface area contributed by atoms with Crippen molar-refractivity contribution < 1.29 is 14.6 Å². The number of piperidine rings is 1. The van der Waals surface area contributed by atoms with Crippen LogP contribution in [0.15, 0.2) is 48.0 Å². The zero-order chi connectivity index (χ0) is 22.9. The van der Waals surface area contributed by atoms with Crippen molar-refractivity contribution in [1.82, 2.24) is 4.90 Å². The van der Waals surface area contributed by atoms with Crippen LogP contribution < -0.4 is 4.74 Å². The first-order valence-electron chi connectivity index (χ1n) is 11.5. The fourth-order valence-electron chi connectivity index (χ4n) is 4.69. The molecule has 2 aliphatic heterocycles. The predicted octanol–water partition coefficient (Wildman–Crippen LogP) is 6.06. The summed E-state index contributed by atoms with van der Waals surface area (Å²) in [5.41, 5.74) is 5.67. The van der Waals surface area contributed by atoms with E-state index in [4.69, 9.17) is 16.3 Å². The average molecular weight is 454 g/mol. The van der Waals surface area contributed by atoms with Crippen molar-refractivity contribution in [1.29, 1.82) is 0 Å². The lowest BCUT2D eigenvalue weighted by Crippen LogP contribution is -2.36. The van der Waals surface area contributed by atoms with Gasteiger partial charge < -0.3 is 14.7 Å². The van der Waals surface area contributed by atoms with Crippen molar-refractivity contribution in [2.45, 2.75) is 52.6 Å². The first-order chi connectivity index (χ1) is 15.2. The molecule has 0 amide bonds. The van der Waals surface area contributed by atoms with E-state index in [2.05, 4.69) is 42.2 Å². The highest BCUT2D eigenvalue weighted by Gasteiger charge is 2.29. The van der Waals surface area contributed by atoms with Crippen LogP contribution in [0.25, 0.3) is 5.57 Å². The molecule has 0 bridgehead atoms. The molecule has 32 heavy (non-hydrogen) atoms. The van der Waals surface area contributed by atoms with Crippen molar-refractivity contribution in [3.8, 4) is 5.75 Å². The number of likely N-dealkylation sites (tertiary alicyclic amines) is 1. The summed E-state index contributed by atoms with van der Waals surface area (Å²) in [5, 5.41) is 10.2. The number of ether oxygens (including phenoxy) is 1. The molecule has 1 saturated heterocycles. The Labute approximate surface area is 195 Å². The number of benzene rings is 2. The number of hydrogen-bond acceptors (Lipinski definition) is 3. The molecule has 0 aliphatic carbocycles. The minimum atomic E-state index is -0.729. The number of carboxylic acids is 1. The summed E-state index contributed by atoms with van der Waals surface area (Å²) in [5.74, 6) is 0.210. The number of carboxylic acid groups (broad SMARTS) is 1. The lowest BCUT2D eigenvalue weighted by molar-refractivity contribution is -0.147. The van der Waals surface area contributed by atoms with E-state index in [1.165, 1.54) is 22.3 Å². The summed E-state index contributed by atoms with van der Waals surface area (Å²) >= 11 is 6.36. The summed E-state index contributed by atoms with van der Waals surface area (Å²) in [6.07, 6.45) is 3.48. The van der Waals surface area contributed by atoms with Crippen LogP contribution in [-0.2, 0) is 11.2 Å². The van der Waals surface area contributed by atoms with Crippen LogP contribution in [-0.4, -0.2) is 41.7 Å². The third kappa shape index (κ3) is 4.87. The summed E-state index contributed by atoms with van der Waals surface area (Å²) in [6.45, 7) is 8.41.